The highest BCUT2D eigenvalue weighted by atomic mass is 19.1. The van der Waals surface area contributed by atoms with Crippen molar-refractivity contribution in [1.82, 2.24) is 0 Å². The Morgan fingerprint density at radius 1 is 1.31 bits per heavy atom. The molecule has 1 aromatic carbocycles. The number of halogens is 1. The van der Waals surface area contributed by atoms with Gasteiger partial charge in [0.1, 0.15) is 5.82 Å². The summed E-state index contributed by atoms with van der Waals surface area (Å²) in [5.41, 5.74) is 6.94. The molecule has 1 fully saturated rings. The molecule has 1 saturated heterocycles. The Kier molecular flexibility index (Phi) is 3.29. The average Bonchev–Trinajstić information content (AvgIpc) is 2.28. The Morgan fingerprint density at radius 2 is 2.00 bits per heavy atom. The van der Waals surface area contributed by atoms with Gasteiger partial charge in [-0.25, -0.2) is 4.39 Å². The van der Waals surface area contributed by atoms with Crippen molar-refractivity contribution in [3.63, 3.8) is 0 Å². The van der Waals surface area contributed by atoms with Crippen molar-refractivity contribution in [3.8, 4) is 0 Å². The van der Waals surface area contributed by atoms with E-state index >= 15 is 0 Å². The number of ether oxygens (including phenoxy) is 1. The van der Waals surface area contributed by atoms with Crippen LogP contribution in [0.3, 0.4) is 0 Å². The quantitative estimate of drug-likeness (QED) is 0.781. The second kappa shape index (κ2) is 4.70. The van der Waals surface area contributed by atoms with E-state index in [9.17, 15) is 4.39 Å². The Morgan fingerprint density at radius 3 is 2.62 bits per heavy atom. The van der Waals surface area contributed by atoms with Gasteiger partial charge in [-0.1, -0.05) is 0 Å². The first kappa shape index (κ1) is 11.2. The highest BCUT2D eigenvalue weighted by Gasteiger charge is 2.19. The predicted octanol–water partition coefficient (Wildman–Crippen LogP) is 2.02. The zero-order valence-corrected chi connectivity index (χ0v) is 9.45. The van der Waals surface area contributed by atoms with E-state index in [1.54, 1.807) is 6.07 Å². The smallest absolute Gasteiger partial charge is 0.127 e. The van der Waals surface area contributed by atoms with E-state index in [-0.39, 0.29) is 5.82 Å². The lowest BCUT2D eigenvalue weighted by atomic mass is 10.1. The molecule has 4 heteroatoms. The number of nitrogens with two attached hydrogens (primary N) is 1. The Hall–Kier alpha value is -1.29. The van der Waals surface area contributed by atoms with Crippen LogP contribution in [0.2, 0.25) is 0 Å². The highest BCUT2D eigenvalue weighted by molar-refractivity contribution is 5.56. The van der Waals surface area contributed by atoms with Crippen LogP contribution in [0.1, 0.15) is 12.8 Å². The van der Waals surface area contributed by atoms with E-state index in [0.29, 0.717) is 11.7 Å². The minimum atomic E-state index is -0.283. The van der Waals surface area contributed by atoms with Crippen molar-refractivity contribution in [2.75, 3.05) is 30.9 Å². The molecule has 0 aromatic heterocycles. The molecular weight excluding hydrogens is 207 g/mol. The van der Waals surface area contributed by atoms with Gasteiger partial charge >= 0.3 is 0 Å². The molecule has 0 unspecified atom stereocenters. The first-order chi connectivity index (χ1) is 7.66. The van der Waals surface area contributed by atoms with Crippen LogP contribution in [0.15, 0.2) is 18.2 Å². The number of hydrogen-bond acceptors (Lipinski definition) is 3. The van der Waals surface area contributed by atoms with Crippen molar-refractivity contribution in [2.24, 2.45) is 0 Å². The molecule has 0 spiro atoms. The van der Waals surface area contributed by atoms with E-state index in [4.69, 9.17) is 10.5 Å². The molecule has 0 radical (unpaired) electrons. The van der Waals surface area contributed by atoms with Gasteiger partial charge in [-0.2, -0.15) is 0 Å². The van der Waals surface area contributed by atoms with Crippen LogP contribution in [0.5, 0.6) is 0 Å². The summed E-state index contributed by atoms with van der Waals surface area (Å²) in [5, 5.41) is 0. The maximum Gasteiger partial charge on any atom is 0.127 e. The highest BCUT2D eigenvalue weighted by Crippen LogP contribution is 2.24. The molecule has 0 amide bonds. The van der Waals surface area contributed by atoms with Gasteiger partial charge in [-0.3, -0.25) is 0 Å². The number of nitrogens with zero attached hydrogens (tertiary/aromatic N) is 1. The molecule has 0 saturated carbocycles. The third-order valence-electron chi connectivity index (χ3n) is 3.05. The molecule has 0 aliphatic carbocycles. The summed E-state index contributed by atoms with van der Waals surface area (Å²) in [5.74, 6) is -0.283. The third kappa shape index (κ3) is 2.44. The van der Waals surface area contributed by atoms with E-state index in [1.807, 2.05) is 7.05 Å². The van der Waals surface area contributed by atoms with E-state index in [2.05, 4.69) is 4.90 Å². The summed E-state index contributed by atoms with van der Waals surface area (Å²) in [6.07, 6.45) is 1.96. The van der Waals surface area contributed by atoms with Crippen molar-refractivity contribution < 1.29 is 9.13 Å². The van der Waals surface area contributed by atoms with Gasteiger partial charge in [0.25, 0.3) is 0 Å². The number of hydrogen-bond donors (Lipinski definition) is 1. The lowest BCUT2D eigenvalue weighted by Crippen LogP contribution is -2.36. The minimum Gasteiger partial charge on any atom is -0.399 e. The van der Waals surface area contributed by atoms with Crippen LogP contribution in [-0.4, -0.2) is 26.3 Å². The normalized spacial score (nSPS) is 17.4. The summed E-state index contributed by atoms with van der Waals surface area (Å²) in [6.45, 7) is 1.56. The minimum absolute atomic E-state index is 0.283. The molecule has 3 nitrogen and oxygen atoms in total. The van der Waals surface area contributed by atoms with Gasteiger partial charge in [0, 0.05) is 37.7 Å². The zero-order chi connectivity index (χ0) is 11.5. The molecule has 1 aromatic rings. The second-order valence-corrected chi connectivity index (χ2v) is 4.20. The molecular formula is C12H17FN2O. The number of benzene rings is 1. The first-order valence-electron chi connectivity index (χ1n) is 5.53. The number of rotatable bonds is 2. The molecule has 2 N–H and O–H groups in total. The summed E-state index contributed by atoms with van der Waals surface area (Å²) in [6, 6.07) is 5.07. The van der Waals surface area contributed by atoms with Crippen LogP contribution < -0.4 is 10.6 Å². The predicted molar refractivity (Wildman–Crippen MR) is 63.1 cm³/mol. The van der Waals surface area contributed by atoms with Crippen LogP contribution in [0.4, 0.5) is 15.8 Å². The van der Waals surface area contributed by atoms with Crippen LogP contribution in [0, 0.1) is 5.82 Å². The molecule has 88 valence electrons. The fraction of sp³-hybridized carbons (Fsp3) is 0.500. The summed E-state index contributed by atoms with van der Waals surface area (Å²) < 4.78 is 18.5. The largest absolute Gasteiger partial charge is 0.399 e. The zero-order valence-electron chi connectivity index (χ0n) is 9.45. The van der Waals surface area contributed by atoms with Crippen LogP contribution in [-0.2, 0) is 4.74 Å². The van der Waals surface area contributed by atoms with Crippen molar-refractivity contribution >= 4 is 11.4 Å². The molecule has 1 heterocycles. The van der Waals surface area contributed by atoms with Gasteiger partial charge < -0.3 is 15.4 Å². The maximum atomic E-state index is 13.2. The van der Waals surface area contributed by atoms with Gasteiger partial charge in [-0.05, 0) is 31.0 Å². The SMILES string of the molecule is CN(c1cc(N)cc(F)c1)C1CCOCC1. The third-order valence-corrected chi connectivity index (χ3v) is 3.05. The molecule has 0 atom stereocenters. The summed E-state index contributed by atoms with van der Waals surface area (Å²) >= 11 is 0. The maximum absolute atomic E-state index is 13.2. The van der Waals surface area contributed by atoms with Gasteiger partial charge in [0.15, 0.2) is 0 Å². The summed E-state index contributed by atoms with van der Waals surface area (Å²) in [4.78, 5) is 2.09. The van der Waals surface area contributed by atoms with Gasteiger partial charge in [0.2, 0.25) is 0 Å². The Balaban J connectivity index is 2.15. The standard InChI is InChI=1S/C12H17FN2O/c1-15(11-2-4-16-5-3-11)12-7-9(13)6-10(14)8-12/h6-8,11H,2-5,14H2,1H3. The Labute approximate surface area is 95.0 Å². The van der Waals surface area contributed by atoms with Crippen molar-refractivity contribution in [2.45, 2.75) is 18.9 Å². The number of anilines is 2. The summed E-state index contributed by atoms with van der Waals surface area (Å²) in [7, 11) is 1.98. The first-order valence-corrected chi connectivity index (χ1v) is 5.53. The average molecular weight is 224 g/mol. The topological polar surface area (TPSA) is 38.5 Å². The van der Waals surface area contributed by atoms with E-state index in [0.717, 1.165) is 31.7 Å². The molecule has 2 rings (SSSR count). The van der Waals surface area contributed by atoms with Crippen LogP contribution in [0.25, 0.3) is 0 Å². The van der Waals surface area contributed by atoms with E-state index in [1.165, 1.54) is 12.1 Å². The number of nitrogen functional groups attached to an aromatic ring is 1. The van der Waals surface area contributed by atoms with Crippen LogP contribution >= 0.6 is 0 Å². The molecule has 16 heavy (non-hydrogen) atoms. The monoisotopic (exact) mass is 224 g/mol. The fourth-order valence-corrected chi connectivity index (χ4v) is 2.08. The molecule has 1 aliphatic rings. The lowest BCUT2D eigenvalue weighted by molar-refractivity contribution is 0.0855. The van der Waals surface area contributed by atoms with Crippen molar-refractivity contribution in [3.05, 3.63) is 24.0 Å². The second-order valence-electron chi connectivity index (χ2n) is 4.20. The Bertz CT molecular complexity index is 344. The lowest BCUT2D eigenvalue weighted by Gasteiger charge is -2.33. The molecule has 0 bridgehead atoms. The van der Waals surface area contributed by atoms with Gasteiger partial charge in [-0.15, -0.1) is 0 Å². The fourth-order valence-electron chi connectivity index (χ4n) is 2.08. The van der Waals surface area contributed by atoms with E-state index < -0.39 is 0 Å². The van der Waals surface area contributed by atoms with Crippen molar-refractivity contribution in [1.29, 1.82) is 0 Å². The van der Waals surface area contributed by atoms with Gasteiger partial charge in [0.05, 0.1) is 0 Å². The molecule has 1 aliphatic heterocycles.